The maximum atomic E-state index is 11.7. The Morgan fingerprint density at radius 3 is 2.32 bits per heavy atom. The molecule has 0 bridgehead atoms. The van der Waals surface area contributed by atoms with Crippen molar-refractivity contribution in [1.82, 2.24) is 0 Å². The predicted molar refractivity (Wildman–Crippen MR) is 69.2 cm³/mol. The molecule has 0 fully saturated rings. The van der Waals surface area contributed by atoms with Crippen LogP contribution in [-0.2, 0) is 14.2 Å². The molecule has 0 spiro atoms. The van der Waals surface area contributed by atoms with Crippen LogP contribution in [-0.4, -0.2) is 38.4 Å². The molecule has 104 valence electrons. The standard InChI is InChI=1S/C14H18O5/c1-10(2)18-7-8-19-14(16)12-6-4-5-11(9-12)13(15)17-3/h4-6,9-10H,7-8H2,1-3H3. The van der Waals surface area contributed by atoms with E-state index in [1.165, 1.54) is 13.2 Å². The number of ether oxygens (including phenoxy) is 3. The molecule has 1 aromatic carbocycles. The molecule has 0 aliphatic heterocycles. The van der Waals surface area contributed by atoms with Gasteiger partial charge in [-0.3, -0.25) is 0 Å². The van der Waals surface area contributed by atoms with Gasteiger partial charge >= 0.3 is 11.9 Å². The van der Waals surface area contributed by atoms with Gasteiger partial charge in [-0.2, -0.15) is 0 Å². The number of carbonyl (C=O) groups is 2. The quantitative estimate of drug-likeness (QED) is 0.582. The summed E-state index contributed by atoms with van der Waals surface area (Å²) in [4.78, 5) is 23.1. The molecule has 0 heterocycles. The molecule has 0 amide bonds. The predicted octanol–water partition coefficient (Wildman–Crippen LogP) is 2.06. The first-order valence-corrected chi connectivity index (χ1v) is 6.01. The van der Waals surface area contributed by atoms with Crippen molar-refractivity contribution in [3.63, 3.8) is 0 Å². The molecule has 19 heavy (non-hydrogen) atoms. The lowest BCUT2D eigenvalue weighted by Crippen LogP contribution is -2.14. The topological polar surface area (TPSA) is 61.8 Å². The first-order chi connectivity index (χ1) is 9.04. The Labute approximate surface area is 112 Å². The van der Waals surface area contributed by atoms with E-state index < -0.39 is 11.9 Å². The molecule has 0 unspecified atom stereocenters. The van der Waals surface area contributed by atoms with Crippen molar-refractivity contribution >= 4 is 11.9 Å². The van der Waals surface area contributed by atoms with E-state index in [9.17, 15) is 9.59 Å². The highest BCUT2D eigenvalue weighted by molar-refractivity contribution is 5.95. The Bertz CT molecular complexity index is 439. The van der Waals surface area contributed by atoms with Gasteiger partial charge in [-0.25, -0.2) is 9.59 Å². The molecule has 0 aromatic heterocycles. The van der Waals surface area contributed by atoms with Crippen molar-refractivity contribution in [2.75, 3.05) is 20.3 Å². The highest BCUT2D eigenvalue weighted by Crippen LogP contribution is 2.08. The van der Waals surface area contributed by atoms with Crippen molar-refractivity contribution in [3.8, 4) is 0 Å². The third-order valence-corrected chi connectivity index (χ3v) is 2.29. The second-order valence-electron chi connectivity index (χ2n) is 4.13. The summed E-state index contributed by atoms with van der Waals surface area (Å²) >= 11 is 0. The van der Waals surface area contributed by atoms with Crippen LogP contribution in [0.25, 0.3) is 0 Å². The number of esters is 2. The van der Waals surface area contributed by atoms with Crippen molar-refractivity contribution in [1.29, 1.82) is 0 Å². The van der Waals surface area contributed by atoms with Crippen LogP contribution in [0.4, 0.5) is 0 Å². The zero-order valence-electron chi connectivity index (χ0n) is 11.3. The fourth-order valence-corrected chi connectivity index (χ4v) is 1.39. The lowest BCUT2D eigenvalue weighted by molar-refractivity contribution is 0.0177. The summed E-state index contributed by atoms with van der Waals surface area (Å²) in [5.41, 5.74) is 0.628. The average molecular weight is 266 g/mol. The van der Waals surface area contributed by atoms with Gasteiger partial charge in [-0.05, 0) is 32.0 Å². The Balaban J connectivity index is 2.55. The van der Waals surface area contributed by atoms with E-state index in [0.29, 0.717) is 17.7 Å². The fraction of sp³-hybridized carbons (Fsp3) is 0.429. The Morgan fingerprint density at radius 1 is 1.11 bits per heavy atom. The maximum Gasteiger partial charge on any atom is 0.338 e. The van der Waals surface area contributed by atoms with Crippen LogP contribution in [0, 0.1) is 0 Å². The molecule has 0 aliphatic rings. The summed E-state index contributed by atoms with van der Waals surface area (Å²) in [5.74, 6) is -0.976. The number of rotatable bonds is 6. The van der Waals surface area contributed by atoms with Gasteiger partial charge in [-0.15, -0.1) is 0 Å². The summed E-state index contributed by atoms with van der Waals surface area (Å²) in [7, 11) is 1.29. The molecule has 5 heteroatoms. The van der Waals surface area contributed by atoms with Crippen molar-refractivity contribution in [3.05, 3.63) is 35.4 Å². The van der Waals surface area contributed by atoms with Gasteiger partial charge in [0.1, 0.15) is 6.61 Å². The lowest BCUT2D eigenvalue weighted by Gasteiger charge is -2.08. The number of benzene rings is 1. The Morgan fingerprint density at radius 2 is 1.74 bits per heavy atom. The Hall–Kier alpha value is -1.88. The molecule has 0 aliphatic carbocycles. The van der Waals surface area contributed by atoms with Crippen LogP contribution in [0.2, 0.25) is 0 Å². The summed E-state index contributed by atoms with van der Waals surface area (Å²) < 4.78 is 14.9. The van der Waals surface area contributed by atoms with Crippen LogP contribution in [0.1, 0.15) is 34.6 Å². The summed E-state index contributed by atoms with van der Waals surface area (Å²) in [5, 5.41) is 0. The molecular formula is C14H18O5. The second-order valence-corrected chi connectivity index (χ2v) is 4.13. The average Bonchev–Trinajstić information content (AvgIpc) is 2.42. The van der Waals surface area contributed by atoms with Gasteiger partial charge < -0.3 is 14.2 Å². The fourth-order valence-electron chi connectivity index (χ4n) is 1.39. The first kappa shape index (κ1) is 15.2. The number of carbonyl (C=O) groups excluding carboxylic acids is 2. The van der Waals surface area contributed by atoms with Crippen LogP contribution in [0.3, 0.4) is 0 Å². The van der Waals surface area contributed by atoms with Crippen molar-refractivity contribution < 1.29 is 23.8 Å². The molecule has 0 N–H and O–H groups in total. The van der Waals surface area contributed by atoms with E-state index in [1.54, 1.807) is 18.2 Å². The Kier molecular flexibility index (Phi) is 6.02. The van der Waals surface area contributed by atoms with Gasteiger partial charge in [0.15, 0.2) is 0 Å². The minimum atomic E-state index is -0.488. The molecular weight excluding hydrogens is 248 g/mol. The maximum absolute atomic E-state index is 11.7. The minimum Gasteiger partial charge on any atom is -0.465 e. The lowest BCUT2D eigenvalue weighted by atomic mass is 10.1. The van der Waals surface area contributed by atoms with Crippen LogP contribution in [0.15, 0.2) is 24.3 Å². The van der Waals surface area contributed by atoms with Crippen LogP contribution in [0.5, 0.6) is 0 Å². The van der Waals surface area contributed by atoms with Crippen molar-refractivity contribution in [2.45, 2.75) is 20.0 Å². The third kappa shape index (κ3) is 5.09. The molecule has 0 radical (unpaired) electrons. The SMILES string of the molecule is COC(=O)c1cccc(C(=O)OCCOC(C)C)c1. The second kappa shape index (κ2) is 7.53. The van der Waals surface area contributed by atoms with E-state index in [1.807, 2.05) is 13.8 Å². The molecule has 1 aromatic rings. The number of methoxy groups -OCH3 is 1. The number of hydrogen-bond donors (Lipinski definition) is 0. The van der Waals surface area contributed by atoms with Gasteiger partial charge in [-0.1, -0.05) is 6.07 Å². The van der Waals surface area contributed by atoms with Gasteiger partial charge in [0.25, 0.3) is 0 Å². The van der Waals surface area contributed by atoms with Crippen molar-refractivity contribution in [2.24, 2.45) is 0 Å². The zero-order chi connectivity index (χ0) is 14.3. The molecule has 0 saturated heterocycles. The van der Waals surface area contributed by atoms with E-state index >= 15 is 0 Å². The van der Waals surface area contributed by atoms with Gasteiger partial charge in [0.05, 0.1) is 30.9 Å². The molecule has 0 atom stereocenters. The smallest absolute Gasteiger partial charge is 0.338 e. The summed E-state index contributed by atoms with van der Waals surface area (Å²) in [6.07, 6.45) is 0.0985. The van der Waals surface area contributed by atoms with Crippen LogP contribution < -0.4 is 0 Å². The normalized spacial score (nSPS) is 10.3. The first-order valence-electron chi connectivity index (χ1n) is 6.01. The van der Waals surface area contributed by atoms with Gasteiger partial charge in [0, 0.05) is 0 Å². The summed E-state index contributed by atoms with van der Waals surface area (Å²) in [6.45, 7) is 4.34. The minimum absolute atomic E-state index is 0.0985. The molecule has 0 saturated carbocycles. The van der Waals surface area contributed by atoms with E-state index in [2.05, 4.69) is 4.74 Å². The molecule has 5 nitrogen and oxygen atoms in total. The monoisotopic (exact) mass is 266 g/mol. The van der Waals surface area contributed by atoms with Gasteiger partial charge in [0.2, 0.25) is 0 Å². The van der Waals surface area contributed by atoms with E-state index in [4.69, 9.17) is 9.47 Å². The van der Waals surface area contributed by atoms with E-state index in [0.717, 1.165) is 0 Å². The third-order valence-electron chi connectivity index (χ3n) is 2.29. The largest absolute Gasteiger partial charge is 0.465 e. The number of hydrogen-bond acceptors (Lipinski definition) is 5. The highest BCUT2D eigenvalue weighted by Gasteiger charge is 2.11. The zero-order valence-corrected chi connectivity index (χ0v) is 11.3. The summed E-state index contributed by atoms with van der Waals surface area (Å²) in [6, 6.07) is 6.20. The molecule has 1 rings (SSSR count). The van der Waals surface area contributed by atoms with E-state index in [-0.39, 0.29) is 12.7 Å². The highest BCUT2D eigenvalue weighted by atomic mass is 16.6. The van der Waals surface area contributed by atoms with Crippen LogP contribution >= 0.6 is 0 Å².